The SMILES string of the molecule is Cc1cc(C)[n+](-c2ccc(C#N)cc2)c(C)c1.[O-][Cl+3]([O-])([O-])[O-]. The van der Waals surface area contributed by atoms with Gasteiger partial charge in [-0.1, -0.05) is 0 Å². The summed E-state index contributed by atoms with van der Waals surface area (Å²) in [5.74, 6) is 0. The van der Waals surface area contributed by atoms with Crippen molar-refractivity contribution in [3.8, 4) is 11.8 Å². The molecule has 7 heteroatoms. The highest BCUT2D eigenvalue weighted by molar-refractivity contribution is 5.35. The van der Waals surface area contributed by atoms with Crippen LogP contribution in [0.25, 0.3) is 5.69 Å². The summed E-state index contributed by atoms with van der Waals surface area (Å²) in [6, 6.07) is 14.1. The number of hydrogen-bond acceptors (Lipinski definition) is 5. The topological polar surface area (TPSA) is 120 Å². The molecule has 0 aliphatic rings. The third-order valence-electron chi connectivity index (χ3n) is 2.83. The summed E-state index contributed by atoms with van der Waals surface area (Å²) < 4.78 is 36.2. The van der Waals surface area contributed by atoms with Crippen molar-refractivity contribution in [1.82, 2.24) is 0 Å². The molecule has 0 saturated carbocycles. The smallest absolute Gasteiger partial charge is 0.211 e. The fourth-order valence-corrected chi connectivity index (χ4v) is 2.20. The van der Waals surface area contributed by atoms with Gasteiger partial charge in [-0.3, -0.25) is 0 Å². The number of aryl methyl sites for hydroxylation is 3. The first-order chi connectivity index (χ1) is 10.1. The maximum atomic E-state index is 8.79. The van der Waals surface area contributed by atoms with Crippen molar-refractivity contribution in [2.45, 2.75) is 20.8 Å². The molecule has 0 aliphatic carbocycles. The summed E-state index contributed by atoms with van der Waals surface area (Å²) in [5.41, 5.74) is 5.46. The fourth-order valence-electron chi connectivity index (χ4n) is 2.20. The monoisotopic (exact) mass is 322 g/mol. The molecule has 0 unspecified atom stereocenters. The fraction of sp³-hybridized carbons (Fsp3) is 0.200. The van der Waals surface area contributed by atoms with E-state index in [1.165, 1.54) is 17.0 Å². The van der Waals surface area contributed by atoms with Crippen LogP contribution in [0.1, 0.15) is 22.5 Å². The highest BCUT2D eigenvalue weighted by atomic mass is 35.7. The van der Waals surface area contributed by atoms with Gasteiger partial charge in [-0.25, -0.2) is 18.6 Å². The third kappa shape index (κ3) is 5.77. The Hall–Kier alpha value is -2.01. The van der Waals surface area contributed by atoms with Crippen LogP contribution >= 0.6 is 0 Å². The van der Waals surface area contributed by atoms with Gasteiger partial charge in [-0.15, -0.1) is 10.2 Å². The van der Waals surface area contributed by atoms with Gasteiger partial charge in [0.15, 0.2) is 11.4 Å². The molecule has 0 spiro atoms. The zero-order chi connectivity index (χ0) is 16.9. The molecule has 6 nitrogen and oxygen atoms in total. The van der Waals surface area contributed by atoms with Crippen molar-refractivity contribution in [2.24, 2.45) is 0 Å². The maximum absolute atomic E-state index is 8.79. The Kier molecular flexibility index (Phi) is 6.00. The van der Waals surface area contributed by atoms with Crippen LogP contribution in [0.15, 0.2) is 36.4 Å². The molecule has 22 heavy (non-hydrogen) atoms. The molecule has 0 fully saturated rings. The molecule has 0 aliphatic heterocycles. The van der Waals surface area contributed by atoms with Gasteiger partial charge in [0.25, 0.3) is 0 Å². The zero-order valence-electron chi connectivity index (χ0n) is 12.4. The minimum Gasteiger partial charge on any atom is -0.222 e. The van der Waals surface area contributed by atoms with Crippen molar-refractivity contribution >= 4 is 0 Å². The van der Waals surface area contributed by atoms with Gasteiger partial charge >= 0.3 is 0 Å². The number of hydrogen-bond donors (Lipinski definition) is 0. The van der Waals surface area contributed by atoms with Crippen LogP contribution in [0, 0.1) is 42.3 Å². The molecule has 1 aromatic heterocycles. The second-order valence-corrected chi connectivity index (χ2v) is 5.44. The number of aromatic nitrogens is 1. The van der Waals surface area contributed by atoms with Gasteiger partial charge in [0.05, 0.1) is 11.6 Å². The molecule has 116 valence electrons. The lowest BCUT2D eigenvalue weighted by molar-refractivity contribution is -2.00. The Morgan fingerprint density at radius 1 is 0.909 bits per heavy atom. The minimum absolute atomic E-state index is 0.691. The lowest BCUT2D eigenvalue weighted by Gasteiger charge is -2.17. The van der Waals surface area contributed by atoms with Crippen LogP contribution in [0.5, 0.6) is 0 Å². The van der Waals surface area contributed by atoms with Gasteiger partial charge in [0.1, 0.15) is 0 Å². The zero-order valence-corrected chi connectivity index (χ0v) is 13.1. The summed E-state index contributed by atoms with van der Waals surface area (Å²) in [7, 11) is -4.94. The van der Waals surface area contributed by atoms with Crippen molar-refractivity contribution in [1.29, 1.82) is 5.26 Å². The Bertz CT molecular complexity index is 659. The Balaban J connectivity index is 0.000000422. The van der Waals surface area contributed by atoms with Crippen molar-refractivity contribution in [3.05, 3.63) is 58.9 Å². The second-order valence-electron chi connectivity index (χ2n) is 4.69. The van der Waals surface area contributed by atoms with Gasteiger partial charge in [-0.05, 0) is 24.6 Å². The van der Waals surface area contributed by atoms with Gasteiger partial charge < -0.3 is 0 Å². The number of rotatable bonds is 1. The summed E-state index contributed by atoms with van der Waals surface area (Å²) in [6.07, 6.45) is 0. The number of pyridine rings is 1. The average Bonchev–Trinajstić information content (AvgIpc) is 2.36. The summed E-state index contributed by atoms with van der Waals surface area (Å²) in [5, 5.41) is 8.79. The van der Waals surface area contributed by atoms with Crippen LogP contribution in [-0.4, -0.2) is 0 Å². The molecule has 0 N–H and O–H groups in total. The molecule has 0 atom stereocenters. The number of nitriles is 1. The van der Waals surface area contributed by atoms with E-state index >= 15 is 0 Å². The predicted molar refractivity (Wildman–Crippen MR) is 66.9 cm³/mol. The summed E-state index contributed by atoms with van der Waals surface area (Å²) >= 11 is 0. The quantitative estimate of drug-likeness (QED) is 0.563. The van der Waals surface area contributed by atoms with Crippen LogP contribution in [-0.2, 0) is 0 Å². The number of benzene rings is 1. The van der Waals surface area contributed by atoms with E-state index in [-0.39, 0.29) is 0 Å². The largest absolute Gasteiger partial charge is 0.222 e. The first-order valence-corrected chi connectivity index (χ1v) is 7.47. The summed E-state index contributed by atoms with van der Waals surface area (Å²) in [6.45, 7) is 6.29. The van der Waals surface area contributed by atoms with Crippen LogP contribution < -0.4 is 23.2 Å². The lowest BCUT2D eigenvalue weighted by Crippen LogP contribution is -2.68. The molecular formula is C15H15ClN2O4. The van der Waals surface area contributed by atoms with Gasteiger partial charge in [-0.2, -0.15) is 9.83 Å². The highest BCUT2D eigenvalue weighted by Gasteiger charge is 2.14. The molecular weight excluding hydrogens is 308 g/mol. The van der Waals surface area contributed by atoms with Crippen molar-refractivity contribution in [3.63, 3.8) is 0 Å². The van der Waals surface area contributed by atoms with Gasteiger partial charge in [0.2, 0.25) is 5.69 Å². The van der Waals surface area contributed by atoms with E-state index in [4.69, 9.17) is 23.9 Å². The van der Waals surface area contributed by atoms with Crippen LogP contribution in [0.4, 0.5) is 0 Å². The number of halogens is 1. The van der Waals surface area contributed by atoms with E-state index in [0.717, 1.165) is 5.69 Å². The van der Waals surface area contributed by atoms with E-state index in [0.29, 0.717) is 5.56 Å². The Morgan fingerprint density at radius 2 is 1.32 bits per heavy atom. The molecule has 1 aromatic carbocycles. The van der Waals surface area contributed by atoms with E-state index in [1.54, 1.807) is 0 Å². The third-order valence-corrected chi connectivity index (χ3v) is 2.83. The van der Waals surface area contributed by atoms with Crippen molar-refractivity contribution in [2.75, 3.05) is 0 Å². The molecule has 0 saturated heterocycles. The predicted octanol–water partition coefficient (Wildman–Crippen LogP) is -2.00. The summed E-state index contributed by atoms with van der Waals surface area (Å²) in [4.78, 5) is 0. The average molecular weight is 323 g/mol. The van der Waals surface area contributed by atoms with E-state index < -0.39 is 10.2 Å². The first-order valence-electron chi connectivity index (χ1n) is 6.24. The second kappa shape index (κ2) is 7.31. The Morgan fingerprint density at radius 3 is 1.68 bits per heavy atom. The standard InChI is InChI=1S/C15H15N2.ClHO4/c1-11-8-12(2)17(13(3)9-11)15-6-4-14(10-16)5-7-15;2-1(3,4)5/h4-9H,1-3H3;(H,2,3,4,5)/q+1;/p-1. The molecule has 1 heterocycles. The molecule has 2 aromatic rings. The number of nitrogens with zero attached hydrogens (tertiary/aromatic N) is 2. The van der Waals surface area contributed by atoms with Crippen LogP contribution in [0.3, 0.4) is 0 Å². The highest BCUT2D eigenvalue weighted by Crippen LogP contribution is 2.08. The lowest BCUT2D eigenvalue weighted by atomic mass is 10.1. The van der Waals surface area contributed by atoms with E-state index in [1.807, 2.05) is 24.3 Å². The maximum Gasteiger partial charge on any atom is 0.211 e. The molecule has 2 rings (SSSR count). The van der Waals surface area contributed by atoms with Crippen molar-refractivity contribution < 1.29 is 33.4 Å². The minimum atomic E-state index is -4.94. The molecule has 0 amide bonds. The van der Waals surface area contributed by atoms with E-state index in [2.05, 4.69) is 43.5 Å². The Labute approximate surface area is 130 Å². The molecule has 0 bridgehead atoms. The molecule has 0 radical (unpaired) electrons. The first kappa shape index (κ1) is 18.0. The van der Waals surface area contributed by atoms with E-state index in [9.17, 15) is 0 Å². The van der Waals surface area contributed by atoms with Crippen LogP contribution in [0.2, 0.25) is 0 Å². The normalized spacial score (nSPS) is 10.5. The van der Waals surface area contributed by atoms with Gasteiger partial charge in [0, 0.05) is 38.1 Å².